The molecule has 0 saturated carbocycles. The first kappa shape index (κ1) is 36.3. The molecule has 0 unspecified atom stereocenters. The van der Waals surface area contributed by atoms with Crippen molar-refractivity contribution in [1.82, 2.24) is 9.97 Å². The van der Waals surface area contributed by atoms with Gasteiger partial charge in [0.2, 0.25) is 5.89 Å². The van der Waals surface area contributed by atoms with E-state index >= 15 is 0 Å². The number of oxazole rings is 1. The number of hydrogen-bond acceptors (Lipinski definition) is 14. The number of nitrogen functional groups attached to an aromatic ring is 1. The summed E-state index contributed by atoms with van der Waals surface area (Å²) >= 11 is 7.23. The molecule has 0 aliphatic rings. The lowest BCUT2D eigenvalue weighted by Gasteiger charge is -2.13. The van der Waals surface area contributed by atoms with E-state index in [4.69, 9.17) is 38.0 Å². The maximum atomic E-state index is 10.8. The van der Waals surface area contributed by atoms with Gasteiger partial charge < -0.3 is 35.8 Å². The second kappa shape index (κ2) is 18.8. The Hall–Kier alpha value is -5.12. The SMILES string of the molecule is COc1ccc(-c2c(C#N)c(N)nc(SCc3coc(-c4ccc(Cl)cc4)n3)c2C#N)cc1.NCCC(=O)OCCOC(=O)CCN. The van der Waals surface area contributed by atoms with Crippen molar-refractivity contribution in [2.24, 2.45) is 11.5 Å². The van der Waals surface area contributed by atoms with Crippen molar-refractivity contribution in [3.63, 3.8) is 0 Å². The molecule has 6 N–H and O–H groups in total. The molecule has 2 aromatic carbocycles. The van der Waals surface area contributed by atoms with Crippen LogP contribution in [-0.2, 0) is 24.8 Å². The predicted octanol–water partition coefficient (Wildman–Crippen LogP) is 4.45. The van der Waals surface area contributed by atoms with Gasteiger partial charge in [-0.3, -0.25) is 9.59 Å². The molecular formula is C32H32ClN7O6S. The molecular weight excluding hydrogens is 646 g/mol. The molecule has 0 fully saturated rings. The van der Waals surface area contributed by atoms with Gasteiger partial charge in [0, 0.05) is 35.0 Å². The number of hydrogen-bond donors (Lipinski definition) is 3. The minimum absolute atomic E-state index is 0.0619. The molecule has 0 aliphatic carbocycles. The van der Waals surface area contributed by atoms with E-state index < -0.39 is 0 Å². The van der Waals surface area contributed by atoms with Gasteiger partial charge in [0.1, 0.15) is 53.8 Å². The third-order valence-electron chi connectivity index (χ3n) is 6.10. The van der Waals surface area contributed by atoms with Crippen molar-refractivity contribution >= 4 is 41.1 Å². The van der Waals surface area contributed by atoms with E-state index in [-0.39, 0.29) is 68.0 Å². The maximum Gasteiger partial charge on any atom is 0.307 e. The second-order valence-electron chi connectivity index (χ2n) is 9.34. The van der Waals surface area contributed by atoms with Gasteiger partial charge in [-0.25, -0.2) is 9.97 Å². The van der Waals surface area contributed by atoms with Crippen molar-refractivity contribution in [2.45, 2.75) is 23.6 Å². The first-order chi connectivity index (χ1) is 22.7. The number of nitrogens with two attached hydrogens (primary N) is 3. The monoisotopic (exact) mass is 677 g/mol. The molecule has 47 heavy (non-hydrogen) atoms. The van der Waals surface area contributed by atoms with Gasteiger partial charge in [-0.2, -0.15) is 10.5 Å². The minimum Gasteiger partial charge on any atom is -0.497 e. The van der Waals surface area contributed by atoms with Crippen LogP contribution in [0.3, 0.4) is 0 Å². The number of carbonyl (C=O) groups is 2. The molecule has 4 rings (SSSR count). The van der Waals surface area contributed by atoms with Crippen LogP contribution < -0.4 is 21.9 Å². The number of aromatic nitrogens is 2. The van der Waals surface area contributed by atoms with Crippen molar-refractivity contribution in [3.8, 4) is 40.5 Å². The number of benzene rings is 2. The van der Waals surface area contributed by atoms with Crippen LogP contribution in [0.4, 0.5) is 5.82 Å². The van der Waals surface area contributed by atoms with Crippen LogP contribution in [0.1, 0.15) is 29.7 Å². The number of anilines is 1. The number of halogens is 1. The lowest BCUT2D eigenvalue weighted by Crippen LogP contribution is -2.17. The molecule has 2 aromatic heterocycles. The Kier molecular flexibility index (Phi) is 14.5. The van der Waals surface area contributed by atoms with Crippen LogP contribution in [0.5, 0.6) is 5.75 Å². The molecule has 0 radical (unpaired) electrons. The average Bonchev–Trinajstić information content (AvgIpc) is 3.55. The molecule has 4 aromatic rings. The average molecular weight is 678 g/mol. The zero-order chi connectivity index (χ0) is 34.2. The van der Waals surface area contributed by atoms with Gasteiger partial charge in [-0.15, -0.1) is 0 Å². The van der Waals surface area contributed by atoms with E-state index in [0.717, 1.165) is 5.56 Å². The molecule has 0 amide bonds. The van der Waals surface area contributed by atoms with Crippen LogP contribution in [0, 0.1) is 22.7 Å². The van der Waals surface area contributed by atoms with E-state index in [1.807, 2.05) is 12.1 Å². The molecule has 0 spiro atoms. The Labute approximate surface area is 280 Å². The normalized spacial score (nSPS) is 10.2. The van der Waals surface area contributed by atoms with Crippen molar-refractivity contribution in [3.05, 3.63) is 76.6 Å². The van der Waals surface area contributed by atoms with Crippen LogP contribution >= 0.6 is 23.4 Å². The highest BCUT2D eigenvalue weighted by Gasteiger charge is 2.21. The molecule has 0 atom stereocenters. The quantitative estimate of drug-likeness (QED) is 0.101. The fraction of sp³-hybridized carbons (Fsp3) is 0.250. The summed E-state index contributed by atoms with van der Waals surface area (Å²) in [6, 6.07) is 18.5. The van der Waals surface area contributed by atoms with E-state index in [1.54, 1.807) is 49.8 Å². The summed E-state index contributed by atoms with van der Waals surface area (Å²) in [4.78, 5) is 30.3. The molecule has 244 valence electrons. The van der Waals surface area contributed by atoms with E-state index in [9.17, 15) is 20.1 Å². The molecule has 0 aliphatic heterocycles. The minimum atomic E-state index is -0.387. The smallest absolute Gasteiger partial charge is 0.307 e. The van der Waals surface area contributed by atoms with Gasteiger partial charge in [0.25, 0.3) is 0 Å². The van der Waals surface area contributed by atoms with E-state index in [2.05, 4.69) is 31.6 Å². The Morgan fingerprint density at radius 1 is 0.894 bits per heavy atom. The van der Waals surface area contributed by atoms with Gasteiger partial charge >= 0.3 is 11.9 Å². The number of esters is 2. The lowest BCUT2D eigenvalue weighted by atomic mass is 9.97. The number of thioether (sulfide) groups is 1. The summed E-state index contributed by atoms with van der Waals surface area (Å²) in [7, 11) is 1.57. The summed E-state index contributed by atoms with van der Waals surface area (Å²) in [5.41, 5.74) is 19.4. The maximum absolute atomic E-state index is 10.8. The second-order valence-corrected chi connectivity index (χ2v) is 10.7. The summed E-state index contributed by atoms with van der Waals surface area (Å²) < 4.78 is 20.1. The first-order valence-electron chi connectivity index (χ1n) is 14.1. The van der Waals surface area contributed by atoms with Gasteiger partial charge in [-0.1, -0.05) is 35.5 Å². The topological polar surface area (TPSA) is 226 Å². The zero-order valence-electron chi connectivity index (χ0n) is 25.4. The van der Waals surface area contributed by atoms with Crippen molar-refractivity contribution in [1.29, 1.82) is 10.5 Å². The van der Waals surface area contributed by atoms with Crippen molar-refractivity contribution in [2.75, 3.05) is 39.1 Å². The zero-order valence-corrected chi connectivity index (χ0v) is 27.0. The van der Waals surface area contributed by atoms with E-state index in [0.29, 0.717) is 44.3 Å². The Balaban J connectivity index is 0.000000363. The summed E-state index contributed by atoms with van der Waals surface area (Å²) in [5.74, 6) is 0.812. The lowest BCUT2D eigenvalue weighted by molar-refractivity contribution is -0.152. The number of pyridine rings is 1. The van der Waals surface area contributed by atoms with Crippen LogP contribution in [0.15, 0.2) is 64.2 Å². The third-order valence-corrected chi connectivity index (χ3v) is 7.36. The third kappa shape index (κ3) is 10.7. The van der Waals surface area contributed by atoms with Gasteiger partial charge in [0.05, 0.1) is 31.2 Å². The Morgan fingerprint density at radius 3 is 2.00 bits per heavy atom. The fourth-order valence-corrected chi connectivity index (χ4v) is 4.88. The van der Waals surface area contributed by atoms with Gasteiger partial charge in [-0.05, 0) is 42.0 Å². The highest BCUT2D eigenvalue weighted by atomic mass is 35.5. The molecule has 0 bridgehead atoms. The first-order valence-corrected chi connectivity index (χ1v) is 15.4. The largest absolute Gasteiger partial charge is 0.497 e. The molecule has 15 heteroatoms. The standard InChI is InChI=1S/C24H16ClN5O2S.C8H16N2O4/c1-31-18-8-4-14(5-9-18)21-19(10-26)22(28)30-24(20(21)11-27)33-13-17-12-32-23(29-17)15-2-6-16(25)7-3-15;9-3-1-7(11)13-5-6-14-8(12)2-4-10/h2-9,12H,13H2,1H3,(H2,28,30);1-6,9-10H2. The Morgan fingerprint density at radius 2 is 1.47 bits per heavy atom. The summed E-state index contributed by atoms with van der Waals surface area (Å²) in [5, 5.41) is 20.6. The molecule has 0 saturated heterocycles. The van der Waals surface area contributed by atoms with Crippen LogP contribution in [0.2, 0.25) is 5.02 Å². The van der Waals surface area contributed by atoms with Crippen LogP contribution in [-0.4, -0.2) is 55.3 Å². The van der Waals surface area contributed by atoms with Crippen molar-refractivity contribution < 1.29 is 28.2 Å². The predicted molar refractivity (Wildman–Crippen MR) is 176 cm³/mol. The fourth-order valence-electron chi connectivity index (χ4n) is 3.88. The number of methoxy groups -OCH3 is 1. The van der Waals surface area contributed by atoms with Crippen LogP contribution in [0.25, 0.3) is 22.6 Å². The van der Waals surface area contributed by atoms with Gasteiger partial charge in [0.15, 0.2) is 0 Å². The molecule has 13 nitrogen and oxygen atoms in total. The number of nitriles is 2. The highest BCUT2D eigenvalue weighted by Crippen LogP contribution is 2.37. The summed E-state index contributed by atoms with van der Waals surface area (Å²) in [6.07, 6.45) is 1.91. The number of ether oxygens (including phenoxy) is 3. The highest BCUT2D eigenvalue weighted by molar-refractivity contribution is 7.98. The molecule has 2 heterocycles. The number of rotatable bonds is 13. The van der Waals surface area contributed by atoms with E-state index in [1.165, 1.54) is 11.8 Å². The summed E-state index contributed by atoms with van der Waals surface area (Å²) in [6.45, 7) is 0.641. The number of nitrogens with zero attached hydrogens (tertiary/aromatic N) is 4. The number of carbonyl (C=O) groups excluding carboxylic acids is 2. The Bertz CT molecular complexity index is 1720.